The molecule has 0 bridgehead atoms. The average molecular weight is 353 g/mol. The quantitative estimate of drug-likeness (QED) is 0.627. The zero-order chi connectivity index (χ0) is 17.5. The van der Waals surface area contributed by atoms with Crippen molar-refractivity contribution in [3.63, 3.8) is 0 Å². The molecule has 0 spiro atoms. The Morgan fingerprint density at radius 3 is 2.71 bits per heavy atom. The lowest BCUT2D eigenvalue weighted by Gasteiger charge is -2.34. The smallest absolute Gasteiger partial charge is 0.308 e. The van der Waals surface area contributed by atoms with Gasteiger partial charge in [-0.05, 0) is 30.7 Å². The van der Waals surface area contributed by atoms with Crippen LogP contribution in [0.15, 0.2) is 24.3 Å². The molecule has 1 aliphatic rings. The van der Waals surface area contributed by atoms with Gasteiger partial charge in [-0.1, -0.05) is 24.9 Å². The molecule has 2 rings (SSSR count). The molecule has 7 heteroatoms. The van der Waals surface area contributed by atoms with Gasteiger partial charge in [0.05, 0.1) is 13.0 Å². The maximum atomic E-state index is 12.7. The molecule has 0 radical (unpaired) electrons. The molecule has 1 saturated heterocycles. The molecule has 1 N–H and O–H groups in total. The van der Waals surface area contributed by atoms with Crippen molar-refractivity contribution in [2.24, 2.45) is 0 Å². The summed E-state index contributed by atoms with van der Waals surface area (Å²) in [7, 11) is 0. The number of benzene rings is 1. The molecule has 0 aliphatic carbocycles. The number of unbranched alkanes of at least 4 members (excludes halogenated alkanes) is 1. The number of halogens is 1. The summed E-state index contributed by atoms with van der Waals surface area (Å²) in [5, 5.41) is 3.22. The summed E-state index contributed by atoms with van der Waals surface area (Å²) in [6.45, 7) is 3.03. The first-order valence-corrected chi connectivity index (χ1v) is 8.40. The first-order chi connectivity index (χ1) is 11.5. The number of hydrogen-bond acceptors (Lipinski definition) is 4. The number of nitrogens with zero attached hydrogens (tertiary/aromatic N) is 1. The van der Waals surface area contributed by atoms with E-state index in [9.17, 15) is 14.4 Å². The molecular weight excluding hydrogens is 332 g/mol. The summed E-state index contributed by atoms with van der Waals surface area (Å²) >= 11 is 5.83. The van der Waals surface area contributed by atoms with E-state index < -0.39 is 12.0 Å². The van der Waals surface area contributed by atoms with Gasteiger partial charge in [0.25, 0.3) is 5.91 Å². The molecule has 0 aromatic heterocycles. The number of amides is 2. The van der Waals surface area contributed by atoms with Gasteiger partial charge in [-0.2, -0.15) is 0 Å². The van der Waals surface area contributed by atoms with Crippen LogP contribution in [0.5, 0.6) is 0 Å². The second-order valence-electron chi connectivity index (χ2n) is 5.59. The fourth-order valence-electron chi connectivity index (χ4n) is 2.47. The Morgan fingerprint density at radius 1 is 1.33 bits per heavy atom. The largest absolute Gasteiger partial charge is 0.466 e. The molecule has 1 aromatic carbocycles. The molecule has 1 aromatic rings. The third-order valence-corrected chi connectivity index (χ3v) is 4.06. The fourth-order valence-corrected chi connectivity index (χ4v) is 2.59. The zero-order valence-corrected chi connectivity index (χ0v) is 14.3. The highest BCUT2D eigenvalue weighted by molar-refractivity contribution is 6.30. The van der Waals surface area contributed by atoms with E-state index >= 15 is 0 Å². The number of piperazine rings is 1. The Hall–Kier alpha value is -2.08. The minimum atomic E-state index is -0.851. The Labute approximate surface area is 146 Å². The van der Waals surface area contributed by atoms with Crippen molar-refractivity contribution in [2.75, 3.05) is 19.7 Å². The Balaban J connectivity index is 2.07. The van der Waals surface area contributed by atoms with Gasteiger partial charge in [-0.25, -0.2) is 0 Å². The Bertz CT molecular complexity index is 603. The molecule has 2 amide bonds. The van der Waals surface area contributed by atoms with Crippen molar-refractivity contribution in [1.29, 1.82) is 0 Å². The second-order valence-corrected chi connectivity index (χ2v) is 6.03. The van der Waals surface area contributed by atoms with Gasteiger partial charge in [0, 0.05) is 23.7 Å². The van der Waals surface area contributed by atoms with E-state index in [-0.39, 0.29) is 18.2 Å². The van der Waals surface area contributed by atoms with Crippen LogP contribution in [0.2, 0.25) is 5.02 Å². The third kappa shape index (κ3) is 4.71. The summed E-state index contributed by atoms with van der Waals surface area (Å²) < 4.78 is 5.11. The summed E-state index contributed by atoms with van der Waals surface area (Å²) in [6, 6.07) is 5.59. The summed E-state index contributed by atoms with van der Waals surface area (Å²) in [4.78, 5) is 38.1. The molecular formula is C17H21ClN2O4. The van der Waals surface area contributed by atoms with Crippen LogP contribution in [-0.2, 0) is 14.3 Å². The molecule has 130 valence electrons. The van der Waals surface area contributed by atoms with Crippen molar-refractivity contribution >= 4 is 29.4 Å². The van der Waals surface area contributed by atoms with Crippen molar-refractivity contribution < 1.29 is 19.1 Å². The van der Waals surface area contributed by atoms with Crippen LogP contribution in [0.4, 0.5) is 0 Å². The minimum Gasteiger partial charge on any atom is -0.466 e. The second kappa shape index (κ2) is 8.68. The van der Waals surface area contributed by atoms with E-state index in [1.807, 2.05) is 6.92 Å². The van der Waals surface area contributed by atoms with Crippen molar-refractivity contribution in [1.82, 2.24) is 10.2 Å². The van der Waals surface area contributed by atoms with Gasteiger partial charge in [0.15, 0.2) is 0 Å². The first kappa shape index (κ1) is 18.3. The highest BCUT2D eigenvalue weighted by Crippen LogP contribution is 2.16. The van der Waals surface area contributed by atoms with E-state index in [1.54, 1.807) is 24.3 Å². The molecule has 1 atom stereocenters. The SMILES string of the molecule is CCCCOC(=O)C[C@H]1C(=O)NCCN1C(=O)c1ccc(Cl)cc1. The number of ether oxygens (including phenoxy) is 1. The lowest BCUT2D eigenvalue weighted by molar-refractivity contribution is -0.147. The summed E-state index contributed by atoms with van der Waals surface area (Å²) in [6.07, 6.45) is 1.54. The molecule has 1 fully saturated rings. The minimum absolute atomic E-state index is 0.144. The third-order valence-electron chi connectivity index (χ3n) is 3.80. The standard InChI is InChI=1S/C17H21ClN2O4/c1-2-3-10-24-15(21)11-14-16(22)19-8-9-20(14)17(23)12-4-6-13(18)7-5-12/h4-7,14H,2-3,8-11H2,1H3,(H,19,22)/t14-/m0/s1. The molecule has 6 nitrogen and oxygen atoms in total. The van der Waals surface area contributed by atoms with Gasteiger partial charge >= 0.3 is 5.97 Å². The molecule has 0 unspecified atom stereocenters. The van der Waals surface area contributed by atoms with E-state index in [4.69, 9.17) is 16.3 Å². The maximum absolute atomic E-state index is 12.7. The maximum Gasteiger partial charge on any atom is 0.308 e. The monoisotopic (exact) mass is 352 g/mol. The summed E-state index contributed by atoms with van der Waals surface area (Å²) in [5.41, 5.74) is 0.429. The van der Waals surface area contributed by atoms with E-state index in [1.165, 1.54) is 4.90 Å². The number of esters is 1. The Kier molecular flexibility index (Phi) is 6.61. The molecule has 1 aliphatic heterocycles. The average Bonchev–Trinajstić information content (AvgIpc) is 2.57. The van der Waals surface area contributed by atoms with E-state index in [0.717, 1.165) is 12.8 Å². The van der Waals surface area contributed by atoms with Gasteiger partial charge in [0.1, 0.15) is 6.04 Å². The number of hydrogen-bond donors (Lipinski definition) is 1. The number of carbonyl (C=O) groups excluding carboxylic acids is 3. The van der Waals surface area contributed by atoms with Crippen LogP contribution < -0.4 is 5.32 Å². The highest BCUT2D eigenvalue weighted by Gasteiger charge is 2.35. The highest BCUT2D eigenvalue weighted by atomic mass is 35.5. The lowest BCUT2D eigenvalue weighted by atomic mass is 10.1. The fraction of sp³-hybridized carbons (Fsp3) is 0.471. The first-order valence-electron chi connectivity index (χ1n) is 8.02. The van der Waals surface area contributed by atoms with Gasteiger partial charge in [0.2, 0.25) is 5.91 Å². The van der Waals surface area contributed by atoms with Crippen LogP contribution in [0.25, 0.3) is 0 Å². The van der Waals surface area contributed by atoms with Gasteiger partial charge in [-0.15, -0.1) is 0 Å². The molecule has 0 saturated carbocycles. The molecule has 24 heavy (non-hydrogen) atoms. The van der Waals surface area contributed by atoms with Crippen molar-refractivity contribution in [2.45, 2.75) is 32.2 Å². The lowest BCUT2D eigenvalue weighted by Crippen LogP contribution is -2.57. The van der Waals surface area contributed by atoms with Crippen LogP contribution >= 0.6 is 11.6 Å². The van der Waals surface area contributed by atoms with Crippen molar-refractivity contribution in [3.05, 3.63) is 34.9 Å². The zero-order valence-electron chi connectivity index (χ0n) is 13.6. The van der Waals surface area contributed by atoms with E-state index in [0.29, 0.717) is 30.3 Å². The predicted molar refractivity (Wildman–Crippen MR) is 89.8 cm³/mol. The van der Waals surface area contributed by atoms with Gasteiger partial charge < -0.3 is 15.0 Å². The van der Waals surface area contributed by atoms with Crippen LogP contribution in [-0.4, -0.2) is 48.4 Å². The predicted octanol–water partition coefficient (Wildman–Crippen LogP) is 2.01. The Morgan fingerprint density at radius 2 is 2.04 bits per heavy atom. The van der Waals surface area contributed by atoms with Crippen LogP contribution in [0, 0.1) is 0 Å². The topological polar surface area (TPSA) is 75.7 Å². The number of nitrogens with one attached hydrogen (secondary N) is 1. The van der Waals surface area contributed by atoms with E-state index in [2.05, 4.69) is 5.32 Å². The normalized spacial score (nSPS) is 17.3. The van der Waals surface area contributed by atoms with Crippen LogP contribution in [0.1, 0.15) is 36.5 Å². The molecule has 1 heterocycles. The number of carbonyl (C=O) groups is 3. The van der Waals surface area contributed by atoms with Crippen molar-refractivity contribution in [3.8, 4) is 0 Å². The summed E-state index contributed by atoms with van der Waals surface area (Å²) in [5.74, 6) is -1.11. The van der Waals surface area contributed by atoms with Gasteiger partial charge in [-0.3, -0.25) is 14.4 Å². The van der Waals surface area contributed by atoms with Crippen LogP contribution in [0.3, 0.4) is 0 Å². The number of rotatable bonds is 6.